The Kier molecular flexibility index (Phi) is 6.82. The fourth-order valence-electron chi connectivity index (χ4n) is 11.4. The van der Waals surface area contributed by atoms with Gasteiger partial charge in [-0.1, -0.05) is 128 Å². The number of anilines is 5. The largest absolute Gasteiger partial charge is 0.335 e. The van der Waals surface area contributed by atoms with E-state index in [1.807, 2.05) is 0 Å². The van der Waals surface area contributed by atoms with Gasteiger partial charge in [0.2, 0.25) is 0 Å². The summed E-state index contributed by atoms with van der Waals surface area (Å²) in [6, 6.07) is 46.8. The summed E-state index contributed by atoms with van der Waals surface area (Å²) >= 11 is 0. The second kappa shape index (κ2) is 11.2. The fourth-order valence-corrected chi connectivity index (χ4v) is 11.4. The number of fused-ring (bicyclic) bond motifs is 10. The zero-order chi connectivity index (χ0) is 38.5. The Balaban J connectivity index is 1.33. The molecular weight excluding hydrogens is 677 g/mol. The van der Waals surface area contributed by atoms with Gasteiger partial charge in [0.1, 0.15) is 0 Å². The van der Waals surface area contributed by atoms with Crippen molar-refractivity contribution in [2.75, 3.05) is 9.80 Å². The van der Waals surface area contributed by atoms with Crippen LogP contribution in [0.2, 0.25) is 0 Å². The number of para-hydroxylation sites is 3. The van der Waals surface area contributed by atoms with Gasteiger partial charge in [-0.15, -0.1) is 0 Å². The Morgan fingerprint density at radius 1 is 0.589 bits per heavy atom. The van der Waals surface area contributed by atoms with Gasteiger partial charge in [0.05, 0.1) is 16.7 Å². The van der Waals surface area contributed by atoms with Crippen molar-refractivity contribution in [2.45, 2.75) is 103 Å². The quantitative estimate of drug-likeness (QED) is 0.168. The second-order valence-electron chi connectivity index (χ2n) is 19.8. The van der Waals surface area contributed by atoms with Crippen LogP contribution in [-0.4, -0.2) is 16.8 Å². The molecule has 7 aromatic rings. The molecule has 4 heterocycles. The maximum atomic E-state index is 2.86. The first-order chi connectivity index (χ1) is 26.8. The Hall–Kier alpha value is -5.22. The van der Waals surface area contributed by atoms with Crippen molar-refractivity contribution >= 4 is 73.3 Å². The lowest BCUT2D eigenvalue weighted by molar-refractivity contribution is 0.195. The molecule has 0 N–H and O–H groups in total. The molecule has 1 aliphatic carbocycles. The van der Waals surface area contributed by atoms with E-state index in [0.717, 1.165) is 11.4 Å². The maximum absolute atomic E-state index is 2.86. The molecule has 56 heavy (non-hydrogen) atoms. The number of aromatic nitrogens is 1. The normalized spacial score (nSPS) is 20.6. The van der Waals surface area contributed by atoms with Crippen molar-refractivity contribution in [1.29, 1.82) is 0 Å². The molecule has 1 saturated carbocycles. The van der Waals surface area contributed by atoms with E-state index in [4.69, 9.17) is 0 Å². The third-order valence-electron chi connectivity index (χ3n) is 14.6. The van der Waals surface area contributed by atoms with E-state index in [1.165, 1.54) is 97.8 Å². The van der Waals surface area contributed by atoms with E-state index in [-0.39, 0.29) is 28.5 Å². The predicted octanol–water partition coefficient (Wildman–Crippen LogP) is 11.7. The van der Waals surface area contributed by atoms with Crippen LogP contribution < -0.4 is 26.2 Å². The summed E-state index contributed by atoms with van der Waals surface area (Å²) in [5, 5.41) is 2.72. The molecule has 1 fully saturated rings. The first kappa shape index (κ1) is 34.1. The molecule has 11 rings (SSSR count). The average Bonchev–Trinajstić information content (AvgIpc) is 3.62. The van der Waals surface area contributed by atoms with Crippen LogP contribution in [0.1, 0.15) is 97.8 Å². The van der Waals surface area contributed by atoms with Gasteiger partial charge in [0, 0.05) is 50.1 Å². The smallest absolute Gasteiger partial charge is 0.252 e. The van der Waals surface area contributed by atoms with Crippen LogP contribution in [0.25, 0.3) is 27.5 Å². The van der Waals surface area contributed by atoms with E-state index in [1.54, 1.807) is 5.56 Å². The molecule has 0 radical (unpaired) electrons. The molecule has 1 aromatic heterocycles. The molecule has 4 aliphatic rings. The van der Waals surface area contributed by atoms with Crippen molar-refractivity contribution in [3.05, 3.63) is 138 Å². The minimum Gasteiger partial charge on any atom is -0.335 e. The van der Waals surface area contributed by atoms with Crippen LogP contribution in [0.3, 0.4) is 0 Å². The fraction of sp³-hybridized carbons (Fsp3) is 0.308. The Labute approximate surface area is 333 Å². The van der Waals surface area contributed by atoms with Gasteiger partial charge in [0.25, 0.3) is 6.71 Å². The molecule has 6 aromatic carbocycles. The highest BCUT2D eigenvalue weighted by atomic mass is 15.3. The molecule has 0 amide bonds. The van der Waals surface area contributed by atoms with Gasteiger partial charge in [-0.3, -0.25) is 0 Å². The summed E-state index contributed by atoms with van der Waals surface area (Å²) in [5.41, 5.74) is 19.1. The van der Waals surface area contributed by atoms with E-state index < -0.39 is 0 Å². The number of benzene rings is 6. The number of hydrogen-bond acceptors (Lipinski definition) is 2. The van der Waals surface area contributed by atoms with Crippen molar-refractivity contribution in [2.24, 2.45) is 0 Å². The molecule has 3 nitrogen and oxygen atoms in total. The van der Waals surface area contributed by atoms with Gasteiger partial charge in [-0.25, -0.2) is 0 Å². The predicted molar refractivity (Wildman–Crippen MR) is 240 cm³/mol. The molecule has 278 valence electrons. The van der Waals surface area contributed by atoms with Gasteiger partial charge < -0.3 is 14.4 Å². The Morgan fingerprint density at radius 2 is 1.23 bits per heavy atom. The maximum Gasteiger partial charge on any atom is 0.252 e. The highest BCUT2D eigenvalue weighted by Gasteiger charge is 2.61. The van der Waals surface area contributed by atoms with Crippen molar-refractivity contribution in [3.8, 4) is 5.69 Å². The molecule has 3 aliphatic heterocycles. The van der Waals surface area contributed by atoms with Gasteiger partial charge in [0.15, 0.2) is 0 Å². The third kappa shape index (κ3) is 4.36. The zero-order valence-corrected chi connectivity index (χ0v) is 34.3. The highest BCUT2D eigenvalue weighted by Crippen LogP contribution is 2.61. The summed E-state index contributed by atoms with van der Waals surface area (Å²) in [5.74, 6) is 0. The number of nitrogens with zero attached hydrogens (tertiary/aromatic N) is 3. The van der Waals surface area contributed by atoms with Crippen LogP contribution in [0.5, 0.6) is 0 Å². The monoisotopic (exact) mass is 729 g/mol. The molecule has 2 unspecified atom stereocenters. The van der Waals surface area contributed by atoms with Crippen LogP contribution in [0, 0.1) is 0 Å². The van der Waals surface area contributed by atoms with Crippen LogP contribution in [0.4, 0.5) is 28.4 Å². The molecule has 0 saturated heterocycles. The van der Waals surface area contributed by atoms with E-state index in [2.05, 4.69) is 191 Å². The minimum absolute atomic E-state index is 0.00514. The summed E-state index contributed by atoms with van der Waals surface area (Å²) in [6.07, 6.45) is 4.93. The molecule has 2 atom stereocenters. The lowest BCUT2D eigenvalue weighted by Crippen LogP contribution is -2.64. The summed E-state index contributed by atoms with van der Waals surface area (Å²) in [4.78, 5) is 5.34. The second-order valence-corrected chi connectivity index (χ2v) is 19.8. The van der Waals surface area contributed by atoms with Gasteiger partial charge in [-0.2, -0.15) is 0 Å². The van der Waals surface area contributed by atoms with Gasteiger partial charge >= 0.3 is 0 Å². The topological polar surface area (TPSA) is 11.4 Å². The van der Waals surface area contributed by atoms with Gasteiger partial charge in [-0.05, 0) is 118 Å². The van der Waals surface area contributed by atoms with E-state index >= 15 is 0 Å². The lowest BCUT2D eigenvalue weighted by Gasteiger charge is -2.52. The first-order valence-electron chi connectivity index (χ1n) is 20.9. The molecule has 0 bridgehead atoms. The Morgan fingerprint density at radius 3 is 1.91 bits per heavy atom. The molecule has 4 heteroatoms. The summed E-state index contributed by atoms with van der Waals surface area (Å²) in [6.45, 7) is 19.5. The molecular formula is C52H52BN3. The highest BCUT2D eigenvalue weighted by molar-refractivity contribution is 7.00. The van der Waals surface area contributed by atoms with Crippen LogP contribution >= 0.6 is 0 Å². The Bertz CT molecular complexity index is 2730. The number of rotatable bonds is 3. The summed E-state index contributed by atoms with van der Waals surface area (Å²) in [7, 11) is 0. The van der Waals surface area contributed by atoms with E-state index in [9.17, 15) is 0 Å². The van der Waals surface area contributed by atoms with Crippen molar-refractivity contribution < 1.29 is 0 Å². The SMILES string of the molecule is CC(C)(C)c1ccc2c(c1)c1cc(C(C)(C)C)cc3c1n2-c1cc(N(c2ccccc2)c2ccccc2)cc2c1B3c1cccc3c1N2C1(C)CCCCC31C. The van der Waals surface area contributed by atoms with Crippen molar-refractivity contribution in [1.82, 2.24) is 4.57 Å². The van der Waals surface area contributed by atoms with E-state index in [0.29, 0.717) is 0 Å². The number of hydrogen-bond donors (Lipinski definition) is 0. The third-order valence-corrected chi connectivity index (χ3v) is 14.6. The van der Waals surface area contributed by atoms with Crippen molar-refractivity contribution in [3.63, 3.8) is 0 Å². The standard InChI is InChI=1S/C52H52BN3/c1-49(2,3)33-24-25-43-38(28-33)39-29-34(50(4,5)6)30-42-47(39)55(43)44-31-37(54(35-18-11-9-12-19-35)36-20-13-10-14-21-36)32-45-46(44)53(42)41-23-17-22-40-48(41)56(45)52(8)27-16-15-26-51(40,52)7/h9-14,17-25,28-32H,15-16,26-27H2,1-8H3. The molecule has 0 spiro atoms. The first-order valence-corrected chi connectivity index (χ1v) is 20.9. The zero-order valence-electron chi connectivity index (χ0n) is 34.3. The lowest BCUT2D eigenvalue weighted by atomic mass is 9.33. The van der Waals surface area contributed by atoms with Crippen LogP contribution in [0.15, 0.2) is 121 Å². The minimum atomic E-state index is -0.0470. The van der Waals surface area contributed by atoms with Crippen LogP contribution in [-0.2, 0) is 16.2 Å². The summed E-state index contributed by atoms with van der Waals surface area (Å²) < 4.78 is 2.67. The average molecular weight is 730 g/mol.